The fourth-order valence-corrected chi connectivity index (χ4v) is 4.05. The average Bonchev–Trinajstić information content (AvgIpc) is 2.80. The first-order valence-corrected chi connectivity index (χ1v) is 8.63. The van der Waals surface area contributed by atoms with Crippen molar-refractivity contribution in [2.24, 2.45) is 0 Å². The van der Waals surface area contributed by atoms with E-state index in [2.05, 4.69) is 59.3 Å². The molecule has 0 radical (unpaired) electrons. The van der Waals surface area contributed by atoms with Gasteiger partial charge in [0.15, 0.2) is 0 Å². The Kier molecular flexibility index (Phi) is 4.27. The lowest BCUT2D eigenvalue weighted by molar-refractivity contribution is 0.306. The SMILES string of the molecule is CCCCCOc1ccc2c(c1)sc1cc(Br)ccc12. The van der Waals surface area contributed by atoms with Gasteiger partial charge in [0.2, 0.25) is 0 Å². The van der Waals surface area contributed by atoms with Crippen molar-refractivity contribution in [1.82, 2.24) is 0 Å². The molecule has 20 heavy (non-hydrogen) atoms. The molecule has 0 atom stereocenters. The first kappa shape index (κ1) is 13.9. The predicted octanol–water partition coefficient (Wildman–Crippen LogP) is 6.39. The third-order valence-corrected chi connectivity index (χ3v) is 5.03. The summed E-state index contributed by atoms with van der Waals surface area (Å²) in [5.74, 6) is 0.985. The van der Waals surface area contributed by atoms with Crippen molar-refractivity contribution in [2.75, 3.05) is 6.61 Å². The van der Waals surface area contributed by atoms with Gasteiger partial charge in [-0.05, 0) is 36.8 Å². The van der Waals surface area contributed by atoms with Gasteiger partial charge in [-0.1, -0.05) is 41.8 Å². The van der Waals surface area contributed by atoms with Crippen LogP contribution in [0.2, 0.25) is 0 Å². The first-order chi connectivity index (χ1) is 9.78. The van der Waals surface area contributed by atoms with Crippen LogP contribution in [0.1, 0.15) is 26.2 Å². The molecule has 0 fully saturated rings. The molecule has 1 nitrogen and oxygen atoms in total. The van der Waals surface area contributed by atoms with E-state index in [0.717, 1.165) is 23.2 Å². The Morgan fingerprint density at radius 3 is 2.55 bits per heavy atom. The summed E-state index contributed by atoms with van der Waals surface area (Å²) in [5.41, 5.74) is 0. The number of thiophene rings is 1. The first-order valence-electron chi connectivity index (χ1n) is 7.02. The molecule has 104 valence electrons. The Morgan fingerprint density at radius 2 is 1.75 bits per heavy atom. The molecule has 0 amide bonds. The predicted molar refractivity (Wildman–Crippen MR) is 92.1 cm³/mol. The Balaban J connectivity index is 1.89. The molecule has 0 spiro atoms. The van der Waals surface area contributed by atoms with Gasteiger partial charge < -0.3 is 4.74 Å². The van der Waals surface area contributed by atoms with Crippen LogP contribution in [0.3, 0.4) is 0 Å². The summed E-state index contributed by atoms with van der Waals surface area (Å²) in [4.78, 5) is 0. The smallest absolute Gasteiger partial charge is 0.120 e. The Bertz CT molecular complexity index is 732. The number of ether oxygens (including phenoxy) is 1. The molecule has 2 aromatic carbocycles. The second-order valence-corrected chi connectivity index (χ2v) is 6.96. The van der Waals surface area contributed by atoms with Gasteiger partial charge in [-0.2, -0.15) is 0 Å². The molecule has 0 aliphatic rings. The van der Waals surface area contributed by atoms with Crippen LogP contribution in [0, 0.1) is 0 Å². The summed E-state index contributed by atoms with van der Waals surface area (Å²) in [6.45, 7) is 3.02. The van der Waals surface area contributed by atoms with E-state index < -0.39 is 0 Å². The van der Waals surface area contributed by atoms with E-state index in [0.29, 0.717) is 0 Å². The zero-order chi connectivity index (χ0) is 13.9. The van der Waals surface area contributed by atoms with Crippen molar-refractivity contribution in [3.63, 3.8) is 0 Å². The zero-order valence-corrected chi connectivity index (χ0v) is 13.9. The quantitative estimate of drug-likeness (QED) is 0.485. The van der Waals surface area contributed by atoms with Crippen molar-refractivity contribution in [2.45, 2.75) is 26.2 Å². The highest BCUT2D eigenvalue weighted by molar-refractivity contribution is 9.10. The fraction of sp³-hybridized carbons (Fsp3) is 0.294. The lowest BCUT2D eigenvalue weighted by atomic mass is 10.1. The Hall–Kier alpha value is -1.06. The number of rotatable bonds is 5. The summed E-state index contributed by atoms with van der Waals surface area (Å²) in [6.07, 6.45) is 3.60. The van der Waals surface area contributed by atoms with Gasteiger partial charge in [0.25, 0.3) is 0 Å². The minimum atomic E-state index is 0.815. The van der Waals surface area contributed by atoms with Crippen LogP contribution in [0.25, 0.3) is 20.2 Å². The van der Waals surface area contributed by atoms with Gasteiger partial charge in [-0.25, -0.2) is 0 Å². The van der Waals surface area contributed by atoms with E-state index in [1.807, 2.05) is 11.3 Å². The van der Waals surface area contributed by atoms with Crippen molar-refractivity contribution < 1.29 is 4.74 Å². The standard InChI is InChI=1S/C17H17BrOS/c1-2-3-4-9-19-13-6-8-15-14-7-5-12(18)10-16(14)20-17(15)11-13/h5-8,10-11H,2-4,9H2,1H3. The maximum Gasteiger partial charge on any atom is 0.120 e. The molecular formula is C17H17BrOS. The minimum Gasteiger partial charge on any atom is -0.494 e. The van der Waals surface area contributed by atoms with Crippen molar-refractivity contribution in [3.8, 4) is 5.75 Å². The second-order valence-electron chi connectivity index (χ2n) is 4.96. The maximum absolute atomic E-state index is 5.83. The minimum absolute atomic E-state index is 0.815. The number of halogens is 1. The van der Waals surface area contributed by atoms with Gasteiger partial charge >= 0.3 is 0 Å². The van der Waals surface area contributed by atoms with Crippen molar-refractivity contribution in [1.29, 1.82) is 0 Å². The largest absolute Gasteiger partial charge is 0.494 e. The van der Waals surface area contributed by atoms with Crippen molar-refractivity contribution in [3.05, 3.63) is 40.9 Å². The molecule has 0 aliphatic carbocycles. The molecule has 0 unspecified atom stereocenters. The highest BCUT2D eigenvalue weighted by Crippen LogP contribution is 2.37. The molecule has 1 heterocycles. The van der Waals surface area contributed by atoms with Crippen LogP contribution < -0.4 is 4.74 Å². The van der Waals surface area contributed by atoms with E-state index in [4.69, 9.17) is 4.74 Å². The molecule has 3 rings (SSSR count). The molecule has 3 heteroatoms. The van der Waals surface area contributed by atoms with Gasteiger partial charge in [0, 0.05) is 24.6 Å². The summed E-state index contributed by atoms with van der Waals surface area (Å²) in [7, 11) is 0. The van der Waals surface area contributed by atoms with Crippen LogP contribution in [0.4, 0.5) is 0 Å². The number of hydrogen-bond acceptors (Lipinski definition) is 2. The van der Waals surface area contributed by atoms with Gasteiger partial charge in [-0.3, -0.25) is 0 Å². The van der Waals surface area contributed by atoms with Crippen LogP contribution in [-0.4, -0.2) is 6.61 Å². The van der Waals surface area contributed by atoms with Crippen LogP contribution >= 0.6 is 27.3 Å². The fourth-order valence-electron chi connectivity index (χ4n) is 2.36. The van der Waals surface area contributed by atoms with Crippen LogP contribution in [0.15, 0.2) is 40.9 Å². The molecule has 0 bridgehead atoms. The van der Waals surface area contributed by atoms with E-state index in [1.165, 1.54) is 33.0 Å². The topological polar surface area (TPSA) is 9.23 Å². The normalized spacial score (nSPS) is 11.3. The third kappa shape index (κ3) is 2.84. The zero-order valence-electron chi connectivity index (χ0n) is 11.5. The molecule has 0 aliphatic heterocycles. The highest BCUT2D eigenvalue weighted by Gasteiger charge is 2.06. The molecule has 1 aromatic heterocycles. The average molecular weight is 349 g/mol. The van der Waals surface area contributed by atoms with Gasteiger partial charge in [0.1, 0.15) is 5.75 Å². The maximum atomic E-state index is 5.83. The Morgan fingerprint density at radius 1 is 1.00 bits per heavy atom. The van der Waals surface area contributed by atoms with E-state index >= 15 is 0 Å². The molecular weight excluding hydrogens is 332 g/mol. The second kappa shape index (κ2) is 6.15. The van der Waals surface area contributed by atoms with Crippen LogP contribution in [-0.2, 0) is 0 Å². The lowest BCUT2D eigenvalue weighted by Crippen LogP contribution is -1.96. The molecule has 3 aromatic rings. The van der Waals surface area contributed by atoms with Crippen LogP contribution in [0.5, 0.6) is 5.75 Å². The highest BCUT2D eigenvalue weighted by atomic mass is 79.9. The summed E-state index contributed by atoms with van der Waals surface area (Å²) in [5, 5.41) is 2.64. The third-order valence-electron chi connectivity index (χ3n) is 3.42. The lowest BCUT2D eigenvalue weighted by Gasteiger charge is -2.05. The molecule has 0 N–H and O–H groups in total. The number of benzene rings is 2. The Labute approximate surface area is 131 Å². The summed E-state index contributed by atoms with van der Waals surface area (Å²) in [6, 6.07) is 12.9. The number of unbranched alkanes of at least 4 members (excludes halogenated alkanes) is 2. The summed E-state index contributed by atoms with van der Waals surface area (Å²) >= 11 is 5.36. The number of hydrogen-bond donors (Lipinski definition) is 0. The number of fused-ring (bicyclic) bond motifs is 3. The summed E-state index contributed by atoms with van der Waals surface area (Å²) < 4.78 is 9.58. The molecule has 0 saturated heterocycles. The van der Waals surface area contributed by atoms with E-state index in [1.54, 1.807) is 0 Å². The van der Waals surface area contributed by atoms with Gasteiger partial charge in [-0.15, -0.1) is 11.3 Å². The van der Waals surface area contributed by atoms with E-state index in [-0.39, 0.29) is 0 Å². The molecule has 0 saturated carbocycles. The monoisotopic (exact) mass is 348 g/mol. The van der Waals surface area contributed by atoms with E-state index in [9.17, 15) is 0 Å². The van der Waals surface area contributed by atoms with Gasteiger partial charge in [0.05, 0.1) is 6.61 Å². The van der Waals surface area contributed by atoms with Crippen molar-refractivity contribution >= 4 is 47.4 Å².